The van der Waals surface area contributed by atoms with Crippen molar-refractivity contribution in [2.45, 2.75) is 25.4 Å². The predicted molar refractivity (Wildman–Crippen MR) is 82.1 cm³/mol. The molecule has 112 valence electrons. The van der Waals surface area contributed by atoms with E-state index >= 15 is 0 Å². The molecule has 1 aliphatic rings. The first kappa shape index (κ1) is 15.8. The van der Waals surface area contributed by atoms with E-state index < -0.39 is 6.10 Å². The summed E-state index contributed by atoms with van der Waals surface area (Å²) in [6.45, 7) is 3.74. The van der Waals surface area contributed by atoms with Crippen LogP contribution in [0.4, 0.5) is 0 Å². The van der Waals surface area contributed by atoms with Crippen LogP contribution in [0.15, 0.2) is 24.3 Å². The van der Waals surface area contributed by atoms with E-state index in [0.717, 1.165) is 50.6 Å². The Morgan fingerprint density at radius 1 is 1.35 bits per heavy atom. The van der Waals surface area contributed by atoms with Crippen molar-refractivity contribution in [2.24, 2.45) is 5.92 Å². The predicted octanol–water partition coefficient (Wildman–Crippen LogP) is 3.12. The first-order valence-corrected chi connectivity index (χ1v) is 7.73. The molecule has 1 atom stereocenters. The lowest BCUT2D eigenvalue weighted by atomic mass is 9.99. The fourth-order valence-corrected chi connectivity index (χ4v) is 2.97. The maximum absolute atomic E-state index is 10.2. The topological polar surface area (TPSA) is 32.7 Å². The molecule has 1 N–H and O–H groups in total. The zero-order chi connectivity index (χ0) is 14.4. The highest BCUT2D eigenvalue weighted by Crippen LogP contribution is 2.25. The van der Waals surface area contributed by atoms with Gasteiger partial charge >= 0.3 is 0 Å². The van der Waals surface area contributed by atoms with Gasteiger partial charge in [-0.05, 0) is 43.9 Å². The molecule has 0 amide bonds. The summed E-state index contributed by atoms with van der Waals surface area (Å²) in [5.74, 6) is 0.728. The summed E-state index contributed by atoms with van der Waals surface area (Å²) in [5.41, 5.74) is 0.827. The molecule has 0 aromatic heterocycles. The van der Waals surface area contributed by atoms with E-state index in [2.05, 4.69) is 11.9 Å². The van der Waals surface area contributed by atoms with Crippen LogP contribution in [0.5, 0.6) is 0 Å². The molecule has 0 spiro atoms. The average molecular weight is 298 g/mol. The molecule has 0 saturated carbocycles. The van der Waals surface area contributed by atoms with Gasteiger partial charge in [0, 0.05) is 31.3 Å². The Morgan fingerprint density at radius 2 is 2.05 bits per heavy atom. The molecule has 2 rings (SSSR count). The molecule has 1 fully saturated rings. The number of hydrogen-bond acceptors (Lipinski definition) is 3. The lowest BCUT2D eigenvalue weighted by Gasteiger charge is -2.27. The van der Waals surface area contributed by atoms with E-state index in [1.807, 2.05) is 24.3 Å². The van der Waals surface area contributed by atoms with Crippen molar-refractivity contribution in [1.29, 1.82) is 0 Å². The fourth-order valence-electron chi connectivity index (χ4n) is 2.70. The van der Waals surface area contributed by atoms with E-state index in [9.17, 15) is 5.11 Å². The molecule has 1 aliphatic heterocycles. The largest absolute Gasteiger partial charge is 0.388 e. The van der Waals surface area contributed by atoms with Gasteiger partial charge in [-0.15, -0.1) is 0 Å². The fraction of sp³-hybridized carbons (Fsp3) is 0.625. The Morgan fingerprint density at radius 3 is 2.75 bits per heavy atom. The normalized spacial score (nSPS) is 18.4. The van der Waals surface area contributed by atoms with Crippen molar-refractivity contribution in [3.05, 3.63) is 34.9 Å². The van der Waals surface area contributed by atoms with Crippen molar-refractivity contribution in [2.75, 3.05) is 33.4 Å². The van der Waals surface area contributed by atoms with Crippen molar-refractivity contribution >= 4 is 11.6 Å². The molecule has 0 aliphatic carbocycles. The molecule has 1 saturated heterocycles. The van der Waals surface area contributed by atoms with E-state index in [0.29, 0.717) is 11.4 Å². The van der Waals surface area contributed by atoms with Crippen LogP contribution in [0.1, 0.15) is 30.9 Å². The number of halogens is 1. The Balaban J connectivity index is 1.75. The molecular weight excluding hydrogens is 274 g/mol. The molecule has 0 bridgehead atoms. The summed E-state index contributed by atoms with van der Waals surface area (Å²) < 4.78 is 5.38. The van der Waals surface area contributed by atoms with Crippen molar-refractivity contribution < 1.29 is 9.84 Å². The molecule has 4 heteroatoms. The summed E-state index contributed by atoms with van der Waals surface area (Å²) in [5, 5.41) is 10.9. The van der Waals surface area contributed by atoms with Gasteiger partial charge in [-0.25, -0.2) is 0 Å². The number of benzene rings is 1. The lowest BCUT2D eigenvalue weighted by molar-refractivity contribution is 0.0534. The standard InChI is InChI=1S/C16H24ClNO2/c1-18(12-13-7-10-20-11-8-13)9-6-16(19)14-4-2-3-5-15(14)17/h2-5,13,16,19H,6-12H2,1H3. The van der Waals surface area contributed by atoms with Crippen LogP contribution < -0.4 is 0 Å². The lowest BCUT2D eigenvalue weighted by Crippen LogP contribution is -2.30. The van der Waals surface area contributed by atoms with Gasteiger partial charge in [0.25, 0.3) is 0 Å². The third kappa shape index (κ3) is 4.74. The van der Waals surface area contributed by atoms with Gasteiger partial charge < -0.3 is 14.7 Å². The third-order valence-corrected chi connectivity index (χ3v) is 4.30. The second-order valence-electron chi connectivity index (χ2n) is 5.64. The van der Waals surface area contributed by atoms with Gasteiger partial charge in [0.05, 0.1) is 6.10 Å². The molecule has 1 aromatic carbocycles. The van der Waals surface area contributed by atoms with Crippen LogP contribution in [0, 0.1) is 5.92 Å². The molecule has 1 unspecified atom stereocenters. The maximum atomic E-state index is 10.2. The first-order valence-electron chi connectivity index (χ1n) is 7.35. The summed E-state index contributed by atoms with van der Waals surface area (Å²) in [7, 11) is 2.12. The van der Waals surface area contributed by atoms with Crippen molar-refractivity contribution in [1.82, 2.24) is 4.90 Å². The van der Waals surface area contributed by atoms with Gasteiger partial charge in [0.2, 0.25) is 0 Å². The molecule has 0 radical (unpaired) electrons. The maximum Gasteiger partial charge on any atom is 0.0816 e. The molecule has 3 nitrogen and oxygen atoms in total. The molecule has 1 heterocycles. The second-order valence-corrected chi connectivity index (χ2v) is 6.05. The quantitative estimate of drug-likeness (QED) is 0.876. The third-order valence-electron chi connectivity index (χ3n) is 3.96. The smallest absolute Gasteiger partial charge is 0.0816 e. The van der Waals surface area contributed by atoms with Crippen molar-refractivity contribution in [3.8, 4) is 0 Å². The number of aliphatic hydroxyl groups is 1. The Hall–Kier alpha value is -0.610. The minimum absolute atomic E-state index is 0.485. The van der Waals surface area contributed by atoms with Crippen LogP contribution in [-0.2, 0) is 4.74 Å². The van der Waals surface area contributed by atoms with E-state index in [4.69, 9.17) is 16.3 Å². The zero-order valence-corrected chi connectivity index (χ0v) is 12.9. The van der Waals surface area contributed by atoms with Crippen LogP contribution in [0.3, 0.4) is 0 Å². The molecule has 1 aromatic rings. The monoisotopic (exact) mass is 297 g/mol. The Bertz CT molecular complexity index is 407. The minimum atomic E-state index is -0.485. The first-order chi connectivity index (χ1) is 9.66. The van der Waals surface area contributed by atoms with Gasteiger partial charge in [-0.2, -0.15) is 0 Å². The Kier molecular flexibility index (Phi) is 6.30. The second kappa shape index (κ2) is 7.99. The summed E-state index contributed by atoms with van der Waals surface area (Å²) in [6, 6.07) is 7.52. The SMILES string of the molecule is CN(CCC(O)c1ccccc1Cl)CC1CCOCC1. The number of hydrogen-bond donors (Lipinski definition) is 1. The van der Waals surface area contributed by atoms with Crippen LogP contribution in [0.25, 0.3) is 0 Å². The van der Waals surface area contributed by atoms with Crippen molar-refractivity contribution in [3.63, 3.8) is 0 Å². The van der Waals surface area contributed by atoms with E-state index in [-0.39, 0.29) is 0 Å². The van der Waals surface area contributed by atoms with Crippen LogP contribution in [0.2, 0.25) is 5.02 Å². The molecular formula is C16H24ClNO2. The number of rotatable bonds is 6. The summed E-state index contributed by atoms with van der Waals surface area (Å²) in [4.78, 5) is 2.30. The molecule has 20 heavy (non-hydrogen) atoms. The Labute approximate surface area is 126 Å². The summed E-state index contributed by atoms with van der Waals surface area (Å²) in [6.07, 6.45) is 2.53. The highest BCUT2D eigenvalue weighted by molar-refractivity contribution is 6.31. The van der Waals surface area contributed by atoms with Crippen LogP contribution >= 0.6 is 11.6 Å². The van der Waals surface area contributed by atoms with Gasteiger partial charge in [0.1, 0.15) is 0 Å². The highest BCUT2D eigenvalue weighted by atomic mass is 35.5. The minimum Gasteiger partial charge on any atom is -0.388 e. The summed E-state index contributed by atoms with van der Waals surface area (Å²) >= 11 is 6.10. The zero-order valence-electron chi connectivity index (χ0n) is 12.1. The highest BCUT2D eigenvalue weighted by Gasteiger charge is 2.17. The average Bonchev–Trinajstić information content (AvgIpc) is 2.46. The van der Waals surface area contributed by atoms with Crippen LogP contribution in [-0.4, -0.2) is 43.4 Å². The van der Waals surface area contributed by atoms with Gasteiger partial charge in [-0.1, -0.05) is 29.8 Å². The number of nitrogens with zero attached hydrogens (tertiary/aromatic N) is 1. The van der Waals surface area contributed by atoms with E-state index in [1.165, 1.54) is 0 Å². The number of aliphatic hydroxyl groups excluding tert-OH is 1. The van der Waals surface area contributed by atoms with Gasteiger partial charge in [0.15, 0.2) is 0 Å². The van der Waals surface area contributed by atoms with E-state index in [1.54, 1.807) is 0 Å². The number of ether oxygens (including phenoxy) is 1. The van der Waals surface area contributed by atoms with Gasteiger partial charge in [-0.3, -0.25) is 0 Å².